The van der Waals surface area contributed by atoms with Crippen LogP contribution in [-0.4, -0.2) is 4.57 Å². The normalized spacial score (nSPS) is 17.9. The van der Waals surface area contributed by atoms with Crippen LogP contribution in [0.15, 0.2) is 164 Å². The number of nitrogens with zero attached hydrogens (tertiary/aromatic N) is 6. The maximum absolute atomic E-state index is 2.64. The molecule has 0 saturated heterocycles. The lowest BCUT2D eigenvalue weighted by Crippen LogP contribution is -2.80. The first-order valence-corrected chi connectivity index (χ1v) is 21.2. The Hall–Kier alpha value is -7.18. The van der Waals surface area contributed by atoms with E-state index in [4.69, 9.17) is 0 Å². The van der Waals surface area contributed by atoms with Crippen molar-refractivity contribution >= 4 is 73.1 Å². The van der Waals surface area contributed by atoms with E-state index in [9.17, 15) is 0 Å². The molecule has 6 nitrogen and oxygen atoms in total. The number of rotatable bonds is 2. The molecule has 0 N–H and O–H groups in total. The fraction of sp³-hybridized carbons (Fsp3) is 0.148. The van der Waals surface area contributed by atoms with Gasteiger partial charge in [-0.3, -0.25) is 4.90 Å². The molecule has 0 radical (unpaired) electrons. The molecule has 0 saturated carbocycles. The monoisotopic (exact) mass is 774 g/mol. The lowest BCUT2D eigenvalue weighted by Gasteiger charge is -2.50. The van der Waals surface area contributed by atoms with Crippen LogP contribution < -0.4 is 23.8 Å². The van der Waals surface area contributed by atoms with E-state index in [1.807, 2.05) is 0 Å². The lowest BCUT2D eigenvalue weighted by atomic mass is 9.69. The summed E-state index contributed by atoms with van der Waals surface area (Å²) in [7, 11) is 0. The molecule has 5 aliphatic heterocycles. The number of hydrogen-bond acceptors (Lipinski definition) is 3. The highest BCUT2D eigenvalue weighted by Crippen LogP contribution is 2.65. The maximum atomic E-state index is 2.64. The van der Waals surface area contributed by atoms with Gasteiger partial charge in [0.1, 0.15) is 22.5 Å². The first-order chi connectivity index (χ1) is 29.2. The summed E-state index contributed by atoms with van der Waals surface area (Å²) in [6.07, 6.45) is 4.77. The van der Waals surface area contributed by atoms with E-state index in [2.05, 4.69) is 227 Å². The fourth-order valence-electron chi connectivity index (χ4n) is 11.8. The second kappa shape index (κ2) is 10.5. The number of pyridine rings is 2. The SMILES string of the molecule is CC(C)(C)c1cc[n+]2c(c1)N1c3ccccc3C(C)(C)c3ccc4c(c31)C21c2c(ccc3c5cccc6c5n(c23)-c2c(ccc[n+]21)N6c1ccccc1)N4c1ccccc1. The summed E-state index contributed by atoms with van der Waals surface area (Å²) < 4.78 is 7.89. The van der Waals surface area contributed by atoms with Gasteiger partial charge in [-0.1, -0.05) is 101 Å². The van der Waals surface area contributed by atoms with Gasteiger partial charge < -0.3 is 4.90 Å². The van der Waals surface area contributed by atoms with Gasteiger partial charge in [-0.2, -0.15) is 18.6 Å². The smallest absolute Gasteiger partial charge is 0.309 e. The molecule has 1 spiro atoms. The summed E-state index contributed by atoms with van der Waals surface area (Å²) in [6, 6.07) is 57.0. The number of anilines is 9. The Labute approximate surface area is 349 Å². The third-order valence-corrected chi connectivity index (χ3v) is 14.4. The molecule has 286 valence electrons. The van der Waals surface area contributed by atoms with Gasteiger partial charge in [-0.05, 0) is 89.8 Å². The zero-order valence-electron chi connectivity index (χ0n) is 34.3. The highest BCUT2D eigenvalue weighted by Gasteiger charge is 2.68. The quantitative estimate of drug-likeness (QED) is 0.163. The molecule has 1 atom stereocenters. The third kappa shape index (κ3) is 3.54. The van der Waals surface area contributed by atoms with Gasteiger partial charge >= 0.3 is 11.5 Å². The maximum Gasteiger partial charge on any atom is 0.318 e. The molecule has 60 heavy (non-hydrogen) atoms. The predicted molar refractivity (Wildman–Crippen MR) is 241 cm³/mol. The van der Waals surface area contributed by atoms with Crippen molar-refractivity contribution in [1.29, 1.82) is 0 Å². The highest BCUT2D eigenvalue weighted by atomic mass is 15.4. The number of para-hydroxylation sites is 4. The van der Waals surface area contributed by atoms with E-state index in [-0.39, 0.29) is 10.8 Å². The Bertz CT molecular complexity index is 3410. The van der Waals surface area contributed by atoms with E-state index in [0.717, 1.165) is 17.1 Å². The van der Waals surface area contributed by atoms with Crippen molar-refractivity contribution in [3.8, 4) is 5.82 Å². The van der Waals surface area contributed by atoms with Crippen molar-refractivity contribution in [2.45, 2.75) is 51.1 Å². The molecule has 0 fully saturated rings. The van der Waals surface area contributed by atoms with Gasteiger partial charge in [-0.15, -0.1) is 0 Å². The van der Waals surface area contributed by atoms with Crippen LogP contribution in [0.25, 0.3) is 27.6 Å². The van der Waals surface area contributed by atoms with Gasteiger partial charge in [0.25, 0.3) is 5.82 Å². The van der Waals surface area contributed by atoms with Crippen LogP contribution in [0, 0.1) is 0 Å². The molecule has 8 heterocycles. The minimum Gasteiger partial charge on any atom is -0.309 e. The van der Waals surface area contributed by atoms with Crippen molar-refractivity contribution < 1.29 is 9.13 Å². The van der Waals surface area contributed by atoms with Crippen molar-refractivity contribution in [2.75, 3.05) is 14.7 Å². The van der Waals surface area contributed by atoms with Crippen molar-refractivity contribution in [2.24, 2.45) is 0 Å². The summed E-state index contributed by atoms with van der Waals surface area (Å²) in [5.74, 6) is 2.34. The molecule has 3 aromatic heterocycles. The Morgan fingerprint density at radius 1 is 0.483 bits per heavy atom. The zero-order chi connectivity index (χ0) is 40.0. The molecular weight excluding hydrogens is 733 g/mol. The van der Waals surface area contributed by atoms with Crippen LogP contribution in [0.4, 0.5) is 51.3 Å². The van der Waals surface area contributed by atoms with Crippen molar-refractivity contribution in [3.63, 3.8) is 0 Å². The average molecular weight is 775 g/mol. The predicted octanol–water partition coefficient (Wildman–Crippen LogP) is 12.3. The number of aromatic nitrogens is 3. The number of fused-ring (bicyclic) bond motifs is 5. The van der Waals surface area contributed by atoms with Crippen LogP contribution in [0.1, 0.15) is 62.4 Å². The first-order valence-electron chi connectivity index (χ1n) is 21.2. The van der Waals surface area contributed by atoms with Gasteiger partial charge in [-0.25, -0.2) is 0 Å². The lowest BCUT2D eigenvalue weighted by molar-refractivity contribution is -0.964. The first kappa shape index (κ1) is 32.7. The third-order valence-electron chi connectivity index (χ3n) is 14.4. The molecule has 14 rings (SSSR count). The molecule has 5 aliphatic rings. The van der Waals surface area contributed by atoms with Crippen molar-refractivity contribution in [3.05, 3.63) is 192 Å². The standard InChI is InChI=1S/C54H42N6/c1-52(2,3)33-29-31-55-45(32-33)59-40-22-13-12-21-38(40)53(4,5)39-26-28-42-47(50(39)59)54(55)46-41(57(42)34-16-8-6-9-17-34)27-25-37-36-20-14-23-43-48(36)60(49(37)46)51-44(24-15-30-56(51)54)58(43)35-18-10-7-11-19-35/h6-32H,1-5H3/q+2. The number of hydrogen-bond donors (Lipinski definition) is 0. The molecule has 0 bridgehead atoms. The van der Waals surface area contributed by atoms with E-state index in [1.165, 1.54) is 89.7 Å². The van der Waals surface area contributed by atoms with Crippen LogP contribution in [-0.2, 0) is 16.5 Å². The summed E-state index contributed by atoms with van der Waals surface area (Å²) in [6.45, 7) is 11.8. The summed E-state index contributed by atoms with van der Waals surface area (Å²) in [5, 5.41) is 2.53. The van der Waals surface area contributed by atoms with E-state index >= 15 is 0 Å². The van der Waals surface area contributed by atoms with Crippen LogP contribution >= 0.6 is 0 Å². The second-order valence-corrected chi connectivity index (χ2v) is 18.7. The van der Waals surface area contributed by atoms with Crippen LogP contribution in [0.2, 0.25) is 0 Å². The van der Waals surface area contributed by atoms with Gasteiger partial charge in [0, 0.05) is 44.8 Å². The summed E-state index contributed by atoms with van der Waals surface area (Å²) in [5.41, 5.74) is 17.4. The Balaban J connectivity index is 1.26. The minimum absolute atomic E-state index is 0.0702. The Morgan fingerprint density at radius 3 is 1.90 bits per heavy atom. The van der Waals surface area contributed by atoms with Gasteiger partial charge in [0.2, 0.25) is 0 Å². The Kier molecular flexibility index (Phi) is 5.74. The summed E-state index contributed by atoms with van der Waals surface area (Å²) >= 11 is 0. The van der Waals surface area contributed by atoms with E-state index < -0.39 is 5.66 Å². The minimum atomic E-state index is -0.818. The largest absolute Gasteiger partial charge is 0.318 e. The van der Waals surface area contributed by atoms with Gasteiger partial charge in [0.15, 0.2) is 16.7 Å². The molecule has 1 unspecified atom stereocenters. The molecule has 6 heteroatoms. The molecule has 0 aliphatic carbocycles. The van der Waals surface area contributed by atoms with Gasteiger partial charge in [0.05, 0.1) is 29.5 Å². The number of benzene rings is 6. The van der Waals surface area contributed by atoms with Crippen LogP contribution in [0.5, 0.6) is 0 Å². The topological polar surface area (TPSA) is 22.4 Å². The van der Waals surface area contributed by atoms with Crippen LogP contribution in [0.3, 0.4) is 0 Å². The highest BCUT2D eigenvalue weighted by molar-refractivity contribution is 6.19. The Morgan fingerprint density at radius 2 is 1.13 bits per heavy atom. The molecule has 9 aromatic rings. The fourth-order valence-corrected chi connectivity index (χ4v) is 11.8. The summed E-state index contributed by atoms with van der Waals surface area (Å²) in [4.78, 5) is 7.64. The molecule has 0 amide bonds. The van der Waals surface area contributed by atoms with E-state index in [0.29, 0.717) is 0 Å². The molecular formula is C54H42N6+2. The molecule has 6 aromatic carbocycles. The van der Waals surface area contributed by atoms with E-state index in [1.54, 1.807) is 0 Å². The average Bonchev–Trinajstić information content (AvgIpc) is 3.61. The second-order valence-electron chi connectivity index (χ2n) is 18.7. The van der Waals surface area contributed by atoms with Crippen molar-refractivity contribution in [1.82, 2.24) is 4.57 Å². The zero-order valence-corrected chi connectivity index (χ0v) is 34.3.